The van der Waals surface area contributed by atoms with Crippen molar-refractivity contribution in [2.75, 3.05) is 0 Å². The second kappa shape index (κ2) is 6.01. The molecule has 0 radical (unpaired) electrons. The van der Waals surface area contributed by atoms with Crippen molar-refractivity contribution in [3.8, 4) is 0 Å². The van der Waals surface area contributed by atoms with Gasteiger partial charge in [-0.1, -0.05) is 32.1 Å². The predicted octanol–water partition coefficient (Wildman–Crippen LogP) is 4.73. The maximum absolute atomic E-state index is 6.33. The Morgan fingerprint density at radius 3 is 2.59 bits per heavy atom. The van der Waals surface area contributed by atoms with Gasteiger partial charge in [0.2, 0.25) is 0 Å². The summed E-state index contributed by atoms with van der Waals surface area (Å²) in [6, 6.07) is 2.55. The highest BCUT2D eigenvalue weighted by molar-refractivity contribution is 7.12. The van der Waals surface area contributed by atoms with Crippen LogP contribution in [-0.4, -0.2) is 0 Å². The van der Waals surface area contributed by atoms with Gasteiger partial charge < -0.3 is 5.73 Å². The van der Waals surface area contributed by atoms with Gasteiger partial charge >= 0.3 is 0 Å². The van der Waals surface area contributed by atoms with Crippen LogP contribution in [0.3, 0.4) is 0 Å². The molecule has 0 spiro atoms. The highest BCUT2D eigenvalue weighted by Gasteiger charge is 2.17. The third-order valence-corrected chi connectivity index (χ3v) is 5.07. The first kappa shape index (κ1) is 13.1. The molecular weight excluding hydrogens is 226 g/mol. The standard InChI is InChI=1S/C15H25NS/c1-11-10-14(12(2)17-11)15(16)9-8-13-6-4-3-5-7-13/h10,13,15H,3-9,16H2,1-2H3. The molecule has 2 N–H and O–H groups in total. The van der Waals surface area contributed by atoms with Crippen LogP contribution in [0.1, 0.15) is 66.3 Å². The molecule has 1 heterocycles. The van der Waals surface area contributed by atoms with Crippen molar-refractivity contribution in [3.63, 3.8) is 0 Å². The highest BCUT2D eigenvalue weighted by Crippen LogP contribution is 2.32. The highest BCUT2D eigenvalue weighted by atomic mass is 32.1. The van der Waals surface area contributed by atoms with E-state index >= 15 is 0 Å². The Balaban J connectivity index is 1.84. The maximum Gasteiger partial charge on any atom is 0.0306 e. The zero-order valence-electron chi connectivity index (χ0n) is 11.2. The van der Waals surface area contributed by atoms with Crippen molar-refractivity contribution in [1.29, 1.82) is 0 Å². The van der Waals surface area contributed by atoms with E-state index in [1.54, 1.807) is 0 Å². The van der Waals surface area contributed by atoms with E-state index in [0.717, 1.165) is 5.92 Å². The molecule has 0 aromatic carbocycles. The fraction of sp³-hybridized carbons (Fsp3) is 0.733. The summed E-state index contributed by atoms with van der Waals surface area (Å²) in [5.74, 6) is 0.954. The van der Waals surface area contributed by atoms with Gasteiger partial charge in [0, 0.05) is 15.8 Å². The molecule has 0 bridgehead atoms. The molecule has 1 unspecified atom stereocenters. The summed E-state index contributed by atoms with van der Waals surface area (Å²) in [5.41, 5.74) is 7.72. The van der Waals surface area contributed by atoms with Gasteiger partial charge in [-0.25, -0.2) is 0 Å². The fourth-order valence-electron chi connectivity index (χ4n) is 3.07. The maximum atomic E-state index is 6.33. The van der Waals surface area contributed by atoms with Crippen molar-refractivity contribution in [2.24, 2.45) is 11.7 Å². The lowest BCUT2D eigenvalue weighted by Gasteiger charge is -2.23. The molecular formula is C15H25NS. The van der Waals surface area contributed by atoms with Crippen molar-refractivity contribution in [2.45, 2.75) is 64.8 Å². The van der Waals surface area contributed by atoms with Crippen LogP contribution in [0.25, 0.3) is 0 Å². The summed E-state index contributed by atoms with van der Waals surface area (Å²) in [4.78, 5) is 2.81. The molecule has 0 saturated heterocycles. The Morgan fingerprint density at radius 2 is 2.00 bits per heavy atom. The number of nitrogens with two attached hydrogens (primary N) is 1. The van der Waals surface area contributed by atoms with Gasteiger partial charge in [-0.2, -0.15) is 0 Å². The van der Waals surface area contributed by atoms with Crippen molar-refractivity contribution < 1.29 is 0 Å². The lowest BCUT2D eigenvalue weighted by atomic mass is 9.84. The third kappa shape index (κ3) is 3.56. The van der Waals surface area contributed by atoms with E-state index in [-0.39, 0.29) is 6.04 Å². The molecule has 1 aromatic rings. The van der Waals surface area contributed by atoms with Crippen LogP contribution in [0.4, 0.5) is 0 Å². The van der Waals surface area contributed by atoms with Crippen LogP contribution in [0, 0.1) is 19.8 Å². The van der Waals surface area contributed by atoms with Gasteiger partial charge in [-0.15, -0.1) is 11.3 Å². The molecule has 1 aromatic heterocycles. The molecule has 1 aliphatic carbocycles. The van der Waals surface area contributed by atoms with Gasteiger partial charge in [-0.3, -0.25) is 0 Å². The average Bonchev–Trinajstić information content (AvgIpc) is 2.67. The summed E-state index contributed by atoms with van der Waals surface area (Å²) in [7, 11) is 0. The zero-order valence-corrected chi connectivity index (χ0v) is 12.0. The predicted molar refractivity (Wildman–Crippen MR) is 76.5 cm³/mol. The molecule has 17 heavy (non-hydrogen) atoms. The second-order valence-electron chi connectivity index (χ2n) is 5.56. The number of hydrogen-bond donors (Lipinski definition) is 1. The summed E-state index contributed by atoms with van der Waals surface area (Å²) in [6.45, 7) is 4.38. The Labute approximate surface area is 109 Å². The first-order chi connectivity index (χ1) is 8.16. The minimum atomic E-state index is 0.266. The SMILES string of the molecule is Cc1cc(C(N)CCC2CCCCC2)c(C)s1. The van der Waals surface area contributed by atoms with Crippen molar-refractivity contribution >= 4 is 11.3 Å². The largest absolute Gasteiger partial charge is 0.324 e. The van der Waals surface area contributed by atoms with Gasteiger partial charge in [0.05, 0.1) is 0 Å². The molecule has 0 amide bonds. The molecule has 1 atom stereocenters. The van der Waals surface area contributed by atoms with Crippen LogP contribution in [0.2, 0.25) is 0 Å². The first-order valence-corrected chi connectivity index (χ1v) is 7.81. The van der Waals surface area contributed by atoms with Gasteiger partial charge in [0.25, 0.3) is 0 Å². The van der Waals surface area contributed by atoms with Crippen molar-refractivity contribution in [1.82, 2.24) is 0 Å². The normalized spacial score (nSPS) is 19.5. The number of aryl methyl sites for hydroxylation is 2. The molecule has 1 fully saturated rings. The second-order valence-corrected chi connectivity index (χ2v) is 7.02. The van der Waals surface area contributed by atoms with E-state index < -0.39 is 0 Å². The first-order valence-electron chi connectivity index (χ1n) is 6.99. The Bertz CT molecular complexity index is 350. The minimum Gasteiger partial charge on any atom is -0.324 e. The summed E-state index contributed by atoms with van der Waals surface area (Å²) >= 11 is 1.88. The van der Waals surface area contributed by atoms with Crippen molar-refractivity contribution in [3.05, 3.63) is 21.4 Å². The van der Waals surface area contributed by atoms with E-state index in [0.29, 0.717) is 0 Å². The monoisotopic (exact) mass is 251 g/mol. The van der Waals surface area contributed by atoms with E-state index in [9.17, 15) is 0 Å². The molecule has 0 aliphatic heterocycles. The van der Waals surface area contributed by atoms with Gasteiger partial charge in [-0.05, 0) is 44.2 Å². The summed E-state index contributed by atoms with van der Waals surface area (Å²) in [6.07, 6.45) is 9.71. The zero-order chi connectivity index (χ0) is 12.3. The fourth-order valence-corrected chi connectivity index (χ4v) is 4.06. The number of hydrogen-bond acceptors (Lipinski definition) is 2. The molecule has 1 saturated carbocycles. The van der Waals surface area contributed by atoms with Crippen LogP contribution in [0.15, 0.2) is 6.07 Å². The smallest absolute Gasteiger partial charge is 0.0306 e. The molecule has 1 aliphatic rings. The summed E-state index contributed by atoms with van der Waals surface area (Å²) < 4.78 is 0. The minimum absolute atomic E-state index is 0.266. The molecule has 2 heteroatoms. The Kier molecular flexibility index (Phi) is 4.63. The lowest BCUT2D eigenvalue weighted by Crippen LogP contribution is -2.14. The van der Waals surface area contributed by atoms with Crippen LogP contribution < -0.4 is 5.73 Å². The molecule has 2 rings (SSSR count). The average molecular weight is 251 g/mol. The Morgan fingerprint density at radius 1 is 1.29 bits per heavy atom. The van der Waals surface area contributed by atoms with E-state index in [4.69, 9.17) is 5.73 Å². The number of thiophene rings is 1. The quantitative estimate of drug-likeness (QED) is 0.823. The van der Waals surface area contributed by atoms with Crippen LogP contribution >= 0.6 is 11.3 Å². The summed E-state index contributed by atoms with van der Waals surface area (Å²) in [5, 5.41) is 0. The van der Waals surface area contributed by atoms with Gasteiger partial charge in [0.15, 0.2) is 0 Å². The lowest BCUT2D eigenvalue weighted by molar-refractivity contribution is 0.324. The van der Waals surface area contributed by atoms with E-state index in [1.165, 1.54) is 60.3 Å². The number of rotatable bonds is 4. The van der Waals surface area contributed by atoms with E-state index in [1.807, 2.05) is 11.3 Å². The van der Waals surface area contributed by atoms with E-state index in [2.05, 4.69) is 19.9 Å². The topological polar surface area (TPSA) is 26.0 Å². The molecule has 96 valence electrons. The molecule has 1 nitrogen and oxygen atoms in total. The van der Waals surface area contributed by atoms with Crippen LogP contribution in [-0.2, 0) is 0 Å². The van der Waals surface area contributed by atoms with Crippen LogP contribution in [0.5, 0.6) is 0 Å². The Hall–Kier alpha value is -0.340. The van der Waals surface area contributed by atoms with Gasteiger partial charge in [0.1, 0.15) is 0 Å². The third-order valence-electron chi connectivity index (χ3n) is 4.09.